The molecule has 0 bridgehead atoms. The van der Waals surface area contributed by atoms with Crippen LogP contribution in [0.2, 0.25) is 5.02 Å². The highest BCUT2D eigenvalue weighted by molar-refractivity contribution is 6.30. The summed E-state index contributed by atoms with van der Waals surface area (Å²) in [6.07, 6.45) is 0.501. The molecule has 0 spiro atoms. The van der Waals surface area contributed by atoms with Crippen LogP contribution in [0.1, 0.15) is 5.56 Å². The Hall–Kier alpha value is -0.900. The molecule has 1 fully saturated rings. The quantitative estimate of drug-likeness (QED) is 0.878. The molecule has 0 radical (unpaired) electrons. The van der Waals surface area contributed by atoms with E-state index in [1.165, 1.54) is 0 Å². The molecular weight excluding hydrogens is 236 g/mol. The first kappa shape index (κ1) is 12.6. The van der Waals surface area contributed by atoms with Crippen molar-refractivity contribution in [1.82, 2.24) is 10.2 Å². The molecule has 0 aliphatic carbocycles. The summed E-state index contributed by atoms with van der Waals surface area (Å²) >= 11 is 5.80. The van der Waals surface area contributed by atoms with Crippen molar-refractivity contribution < 1.29 is 4.79 Å². The largest absolute Gasteiger partial charge is 0.314 e. The lowest BCUT2D eigenvalue weighted by atomic mass is 10.1. The molecule has 1 aliphatic rings. The molecule has 1 aromatic rings. The highest BCUT2D eigenvalue weighted by atomic mass is 35.5. The van der Waals surface area contributed by atoms with Crippen LogP contribution in [0, 0.1) is 0 Å². The Morgan fingerprint density at radius 2 is 1.88 bits per heavy atom. The van der Waals surface area contributed by atoms with E-state index in [1.807, 2.05) is 24.3 Å². The third kappa shape index (κ3) is 4.11. The Morgan fingerprint density at radius 1 is 1.24 bits per heavy atom. The maximum absolute atomic E-state index is 11.9. The lowest BCUT2D eigenvalue weighted by Gasteiger charge is -2.26. The summed E-state index contributed by atoms with van der Waals surface area (Å²) in [5, 5.41) is 3.99. The van der Waals surface area contributed by atoms with E-state index in [9.17, 15) is 4.79 Å². The van der Waals surface area contributed by atoms with Crippen LogP contribution in [0.15, 0.2) is 24.3 Å². The van der Waals surface area contributed by atoms with Gasteiger partial charge in [-0.2, -0.15) is 0 Å². The standard InChI is InChI=1S/C13H17ClN2O/c14-12-3-1-11(2-4-12)9-13(17)10-16-7-5-15-6-8-16/h1-4,15H,5-10H2. The van der Waals surface area contributed by atoms with Crippen LogP contribution in [0.4, 0.5) is 0 Å². The maximum Gasteiger partial charge on any atom is 0.151 e. The zero-order valence-electron chi connectivity index (χ0n) is 9.79. The fraction of sp³-hybridized carbons (Fsp3) is 0.462. The Balaban J connectivity index is 1.82. The summed E-state index contributed by atoms with van der Waals surface area (Å²) in [6, 6.07) is 7.49. The Kier molecular flexibility index (Phi) is 4.54. The lowest BCUT2D eigenvalue weighted by molar-refractivity contribution is -0.119. The minimum Gasteiger partial charge on any atom is -0.314 e. The number of carbonyl (C=O) groups excluding carboxylic acids is 1. The van der Waals surface area contributed by atoms with E-state index >= 15 is 0 Å². The third-order valence-electron chi connectivity index (χ3n) is 2.92. The van der Waals surface area contributed by atoms with Crippen molar-refractivity contribution in [1.29, 1.82) is 0 Å². The van der Waals surface area contributed by atoms with Gasteiger partial charge in [0, 0.05) is 37.6 Å². The van der Waals surface area contributed by atoms with E-state index in [0.29, 0.717) is 18.0 Å². The first-order chi connectivity index (χ1) is 8.24. The third-order valence-corrected chi connectivity index (χ3v) is 3.18. The minimum absolute atomic E-state index is 0.272. The average molecular weight is 253 g/mol. The van der Waals surface area contributed by atoms with Gasteiger partial charge in [-0.05, 0) is 17.7 Å². The van der Waals surface area contributed by atoms with Gasteiger partial charge in [0.25, 0.3) is 0 Å². The van der Waals surface area contributed by atoms with Crippen molar-refractivity contribution in [3.8, 4) is 0 Å². The summed E-state index contributed by atoms with van der Waals surface area (Å²) in [4.78, 5) is 14.1. The number of carbonyl (C=O) groups is 1. The molecule has 2 rings (SSSR count). The van der Waals surface area contributed by atoms with Crippen LogP contribution in [0.3, 0.4) is 0 Å². The predicted octanol–water partition coefficient (Wildman–Crippen LogP) is 1.36. The van der Waals surface area contributed by atoms with Crippen molar-refractivity contribution >= 4 is 17.4 Å². The number of Topliss-reactive ketones (excluding diaryl/α,β-unsaturated/α-hetero) is 1. The molecule has 1 heterocycles. The van der Waals surface area contributed by atoms with Gasteiger partial charge in [0.05, 0.1) is 6.54 Å². The smallest absolute Gasteiger partial charge is 0.151 e. The van der Waals surface area contributed by atoms with Gasteiger partial charge in [0.15, 0.2) is 5.78 Å². The highest BCUT2D eigenvalue weighted by Gasteiger charge is 2.13. The Bertz CT molecular complexity index is 372. The molecule has 0 saturated carbocycles. The molecular formula is C13H17ClN2O. The van der Waals surface area contributed by atoms with Gasteiger partial charge in [0.2, 0.25) is 0 Å². The molecule has 1 aliphatic heterocycles. The van der Waals surface area contributed by atoms with E-state index in [2.05, 4.69) is 10.2 Å². The second-order valence-corrected chi connectivity index (χ2v) is 4.80. The monoisotopic (exact) mass is 252 g/mol. The second kappa shape index (κ2) is 6.15. The van der Waals surface area contributed by atoms with Crippen LogP contribution >= 0.6 is 11.6 Å². The molecule has 1 N–H and O–H groups in total. The highest BCUT2D eigenvalue weighted by Crippen LogP contribution is 2.10. The van der Waals surface area contributed by atoms with E-state index in [0.717, 1.165) is 31.7 Å². The van der Waals surface area contributed by atoms with Gasteiger partial charge >= 0.3 is 0 Å². The molecule has 1 saturated heterocycles. The normalized spacial score (nSPS) is 17.0. The van der Waals surface area contributed by atoms with Crippen molar-refractivity contribution in [2.24, 2.45) is 0 Å². The fourth-order valence-corrected chi connectivity index (χ4v) is 2.13. The predicted molar refractivity (Wildman–Crippen MR) is 69.5 cm³/mol. The topological polar surface area (TPSA) is 32.3 Å². The number of hydrogen-bond donors (Lipinski definition) is 1. The molecule has 0 aromatic heterocycles. The average Bonchev–Trinajstić information content (AvgIpc) is 2.33. The number of nitrogens with zero attached hydrogens (tertiary/aromatic N) is 1. The van der Waals surface area contributed by atoms with Crippen LogP contribution in [0.25, 0.3) is 0 Å². The molecule has 92 valence electrons. The van der Waals surface area contributed by atoms with Gasteiger partial charge in [-0.3, -0.25) is 9.69 Å². The maximum atomic E-state index is 11.9. The van der Waals surface area contributed by atoms with Gasteiger partial charge in [0.1, 0.15) is 0 Å². The Labute approximate surface area is 107 Å². The molecule has 1 aromatic carbocycles. The van der Waals surface area contributed by atoms with Crippen LogP contribution < -0.4 is 5.32 Å². The molecule has 0 amide bonds. The van der Waals surface area contributed by atoms with Crippen LogP contribution in [0.5, 0.6) is 0 Å². The minimum atomic E-state index is 0.272. The number of piperazine rings is 1. The second-order valence-electron chi connectivity index (χ2n) is 4.37. The Morgan fingerprint density at radius 3 is 2.53 bits per heavy atom. The van der Waals surface area contributed by atoms with Gasteiger partial charge in [-0.15, -0.1) is 0 Å². The van der Waals surface area contributed by atoms with E-state index in [1.54, 1.807) is 0 Å². The van der Waals surface area contributed by atoms with Crippen molar-refractivity contribution in [3.05, 3.63) is 34.9 Å². The summed E-state index contributed by atoms with van der Waals surface area (Å²) in [5.74, 6) is 0.272. The molecule has 0 atom stereocenters. The van der Waals surface area contributed by atoms with Crippen molar-refractivity contribution in [3.63, 3.8) is 0 Å². The summed E-state index contributed by atoms with van der Waals surface area (Å²) < 4.78 is 0. The zero-order chi connectivity index (χ0) is 12.1. The number of hydrogen-bond acceptors (Lipinski definition) is 3. The van der Waals surface area contributed by atoms with Crippen LogP contribution in [-0.4, -0.2) is 43.4 Å². The first-order valence-corrected chi connectivity index (χ1v) is 6.31. The number of rotatable bonds is 4. The molecule has 3 nitrogen and oxygen atoms in total. The zero-order valence-corrected chi connectivity index (χ0v) is 10.5. The van der Waals surface area contributed by atoms with Gasteiger partial charge < -0.3 is 5.32 Å². The number of benzene rings is 1. The number of halogens is 1. The molecule has 0 unspecified atom stereocenters. The summed E-state index contributed by atoms with van der Waals surface area (Å²) in [5.41, 5.74) is 1.04. The number of nitrogens with one attached hydrogen (secondary N) is 1. The molecule has 4 heteroatoms. The van der Waals surface area contributed by atoms with Crippen molar-refractivity contribution in [2.45, 2.75) is 6.42 Å². The van der Waals surface area contributed by atoms with Crippen molar-refractivity contribution in [2.75, 3.05) is 32.7 Å². The van der Waals surface area contributed by atoms with E-state index < -0.39 is 0 Å². The first-order valence-electron chi connectivity index (χ1n) is 5.93. The number of ketones is 1. The SMILES string of the molecule is O=C(Cc1ccc(Cl)cc1)CN1CCNCC1. The van der Waals surface area contributed by atoms with E-state index in [4.69, 9.17) is 11.6 Å². The van der Waals surface area contributed by atoms with Gasteiger partial charge in [-0.25, -0.2) is 0 Å². The van der Waals surface area contributed by atoms with Gasteiger partial charge in [-0.1, -0.05) is 23.7 Å². The van der Waals surface area contributed by atoms with E-state index in [-0.39, 0.29) is 5.78 Å². The summed E-state index contributed by atoms with van der Waals surface area (Å²) in [7, 11) is 0. The summed E-state index contributed by atoms with van der Waals surface area (Å²) in [6.45, 7) is 4.45. The molecule has 17 heavy (non-hydrogen) atoms. The lowest BCUT2D eigenvalue weighted by Crippen LogP contribution is -2.45. The van der Waals surface area contributed by atoms with Crippen LogP contribution in [-0.2, 0) is 11.2 Å². The fourth-order valence-electron chi connectivity index (χ4n) is 2.00.